The first-order chi connectivity index (χ1) is 12.1. The van der Waals surface area contributed by atoms with Crippen molar-refractivity contribution in [1.82, 2.24) is 9.80 Å². The van der Waals surface area contributed by atoms with E-state index in [1.54, 1.807) is 18.4 Å². The molecule has 4 nitrogen and oxygen atoms in total. The molecule has 1 aromatic heterocycles. The normalized spacial score (nSPS) is 23.6. The quantitative estimate of drug-likeness (QED) is 0.840. The molecular formula is C20H26N2O2S. The highest BCUT2D eigenvalue weighted by Gasteiger charge is 2.46. The number of hydrogen-bond donors (Lipinski definition) is 0. The van der Waals surface area contributed by atoms with E-state index in [0.29, 0.717) is 6.04 Å². The number of carbonyl (C=O) groups excluding carboxylic acids is 1. The molecule has 4 rings (SSSR count). The van der Waals surface area contributed by atoms with Crippen LogP contribution in [0.1, 0.15) is 35.4 Å². The van der Waals surface area contributed by atoms with Crippen LogP contribution in [0.5, 0.6) is 0 Å². The molecule has 5 heteroatoms. The average molecular weight is 359 g/mol. The van der Waals surface area contributed by atoms with Crippen LogP contribution in [-0.2, 0) is 4.74 Å². The van der Waals surface area contributed by atoms with Crippen LogP contribution in [0.2, 0.25) is 0 Å². The first kappa shape index (κ1) is 17.0. The summed E-state index contributed by atoms with van der Waals surface area (Å²) in [7, 11) is 4.02. The Kier molecular flexibility index (Phi) is 4.56. The lowest BCUT2D eigenvalue weighted by Crippen LogP contribution is -2.53. The number of nitrogens with zero attached hydrogens (tertiary/aromatic N) is 2. The van der Waals surface area contributed by atoms with Crippen molar-refractivity contribution in [2.45, 2.75) is 37.3 Å². The van der Waals surface area contributed by atoms with E-state index in [4.69, 9.17) is 4.74 Å². The van der Waals surface area contributed by atoms with Crippen molar-refractivity contribution in [3.05, 3.63) is 35.2 Å². The van der Waals surface area contributed by atoms with Crippen molar-refractivity contribution in [3.63, 3.8) is 0 Å². The monoisotopic (exact) mass is 358 g/mol. The maximum absolute atomic E-state index is 12.9. The van der Waals surface area contributed by atoms with Gasteiger partial charge in [-0.15, -0.1) is 11.3 Å². The zero-order chi connectivity index (χ0) is 17.4. The third kappa shape index (κ3) is 2.98. The molecule has 0 N–H and O–H groups in total. The number of methoxy groups -OCH3 is 1. The summed E-state index contributed by atoms with van der Waals surface area (Å²) in [5, 5.41) is 1.17. The van der Waals surface area contributed by atoms with Gasteiger partial charge < -0.3 is 9.64 Å². The van der Waals surface area contributed by atoms with E-state index < -0.39 is 0 Å². The molecule has 2 saturated heterocycles. The highest BCUT2D eigenvalue weighted by molar-refractivity contribution is 7.20. The lowest BCUT2D eigenvalue weighted by atomic mass is 9.85. The van der Waals surface area contributed by atoms with Gasteiger partial charge in [0.25, 0.3) is 5.91 Å². The summed E-state index contributed by atoms with van der Waals surface area (Å²) in [5.74, 6) is 0.199. The number of benzene rings is 1. The SMILES string of the molecule is COCC1CCC2(CCN(C(=O)c3cc4ccccc4s3)CC2)N1C. The first-order valence-electron chi connectivity index (χ1n) is 9.13. The van der Waals surface area contributed by atoms with Gasteiger partial charge in [0.2, 0.25) is 0 Å². The molecule has 1 spiro atoms. The molecule has 0 aliphatic carbocycles. The molecule has 1 unspecified atom stereocenters. The molecule has 2 fully saturated rings. The third-order valence-corrected chi connectivity index (χ3v) is 7.32. The van der Waals surface area contributed by atoms with Crippen LogP contribution in [0.4, 0.5) is 0 Å². The van der Waals surface area contributed by atoms with E-state index >= 15 is 0 Å². The van der Waals surface area contributed by atoms with Gasteiger partial charge in [-0.3, -0.25) is 9.69 Å². The molecule has 3 heterocycles. The van der Waals surface area contributed by atoms with E-state index in [9.17, 15) is 4.79 Å². The Morgan fingerprint density at radius 3 is 2.76 bits per heavy atom. The molecule has 0 radical (unpaired) electrons. The highest BCUT2D eigenvalue weighted by atomic mass is 32.1. The standard InChI is InChI=1S/C20H26N2O2S/c1-21-16(14-24-2)7-8-20(21)9-11-22(12-10-20)19(23)18-13-15-5-3-4-6-17(15)25-18/h3-6,13,16H,7-12,14H2,1-2H3. The van der Waals surface area contributed by atoms with Gasteiger partial charge >= 0.3 is 0 Å². The third-order valence-electron chi connectivity index (χ3n) is 6.22. The topological polar surface area (TPSA) is 32.8 Å². The van der Waals surface area contributed by atoms with Gasteiger partial charge in [-0.25, -0.2) is 0 Å². The molecule has 0 bridgehead atoms. The number of hydrogen-bond acceptors (Lipinski definition) is 4. The van der Waals surface area contributed by atoms with E-state index in [2.05, 4.69) is 24.1 Å². The molecule has 1 atom stereocenters. The van der Waals surface area contributed by atoms with E-state index in [1.165, 1.54) is 22.9 Å². The Hall–Kier alpha value is -1.43. The Labute approximate surface area is 153 Å². The van der Waals surface area contributed by atoms with Gasteiger partial charge in [0, 0.05) is 36.5 Å². The minimum Gasteiger partial charge on any atom is -0.383 e. The molecule has 2 aromatic rings. The summed E-state index contributed by atoms with van der Waals surface area (Å²) in [4.78, 5) is 18.4. The van der Waals surface area contributed by atoms with Gasteiger partial charge in [-0.05, 0) is 50.2 Å². The summed E-state index contributed by atoms with van der Waals surface area (Å²) >= 11 is 1.61. The Bertz CT molecular complexity index is 731. The lowest BCUT2D eigenvalue weighted by molar-refractivity contribution is 0.0275. The van der Waals surface area contributed by atoms with E-state index in [0.717, 1.165) is 37.4 Å². The smallest absolute Gasteiger partial charge is 0.263 e. The second kappa shape index (κ2) is 6.71. The first-order valence-corrected chi connectivity index (χ1v) is 9.94. The van der Waals surface area contributed by atoms with Gasteiger partial charge in [-0.1, -0.05) is 18.2 Å². The zero-order valence-electron chi connectivity index (χ0n) is 15.0. The zero-order valence-corrected chi connectivity index (χ0v) is 15.8. The van der Waals surface area contributed by atoms with Gasteiger partial charge in [0.1, 0.15) is 0 Å². The number of ether oxygens (including phenoxy) is 1. The van der Waals surface area contributed by atoms with Crippen LogP contribution in [0.3, 0.4) is 0 Å². The second-order valence-corrected chi connectivity index (χ2v) is 8.51. The molecule has 2 aliphatic rings. The molecule has 25 heavy (non-hydrogen) atoms. The van der Waals surface area contributed by atoms with Crippen molar-refractivity contribution in [2.24, 2.45) is 0 Å². The van der Waals surface area contributed by atoms with Gasteiger partial charge in [0.05, 0.1) is 11.5 Å². The van der Waals surface area contributed by atoms with Crippen molar-refractivity contribution in [3.8, 4) is 0 Å². The molecule has 1 amide bonds. The van der Waals surface area contributed by atoms with Gasteiger partial charge in [-0.2, -0.15) is 0 Å². The number of fused-ring (bicyclic) bond motifs is 1. The lowest BCUT2D eigenvalue weighted by Gasteiger charge is -2.45. The maximum atomic E-state index is 12.9. The average Bonchev–Trinajstić information content (AvgIpc) is 3.19. The molecule has 0 saturated carbocycles. The van der Waals surface area contributed by atoms with Crippen LogP contribution in [0, 0.1) is 0 Å². The van der Waals surface area contributed by atoms with Gasteiger partial charge in [0.15, 0.2) is 0 Å². The fourth-order valence-corrected chi connectivity index (χ4v) is 5.58. The number of piperidine rings is 1. The fourth-order valence-electron chi connectivity index (χ4n) is 4.55. The molecule has 2 aliphatic heterocycles. The number of likely N-dealkylation sites (N-methyl/N-ethyl adjacent to an activating group) is 1. The number of likely N-dealkylation sites (tertiary alicyclic amines) is 2. The number of carbonyl (C=O) groups is 1. The molecule has 1 aromatic carbocycles. The number of amides is 1. The predicted molar refractivity (Wildman–Crippen MR) is 102 cm³/mol. The fraction of sp³-hybridized carbons (Fsp3) is 0.550. The Morgan fingerprint density at radius 1 is 1.28 bits per heavy atom. The molecule has 134 valence electrons. The van der Waals surface area contributed by atoms with Crippen LogP contribution < -0.4 is 0 Å². The van der Waals surface area contributed by atoms with E-state index in [-0.39, 0.29) is 11.4 Å². The van der Waals surface area contributed by atoms with E-state index in [1.807, 2.05) is 23.1 Å². The summed E-state index contributed by atoms with van der Waals surface area (Å²) in [6, 6.07) is 10.8. The van der Waals surface area contributed by atoms with Crippen molar-refractivity contribution >= 4 is 27.3 Å². The maximum Gasteiger partial charge on any atom is 0.263 e. The van der Waals surface area contributed by atoms with Crippen LogP contribution in [0.15, 0.2) is 30.3 Å². The minimum atomic E-state index is 0.199. The number of rotatable bonds is 3. The summed E-state index contributed by atoms with van der Waals surface area (Å²) in [6.07, 6.45) is 4.57. The Balaban J connectivity index is 1.44. The highest BCUT2D eigenvalue weighted by Crippen LogP contribution is 2.41. The Morgan fingerprint density at radius 2 is 2.04 bits per heavy atom. The van der Waals surface area contributed by atoms with Crippen LogP contribution in [0.25, 0.3) is 10.1 Å². The summed E-state index contributed by atoms with van der Waals surface area (Å²) in [6.45, 7) is 2.52. The van der Waals surface area contributed by atoms with Crippen LogP contribution >= 0.6 is 11.3 Å². The summed E-state index contributed by atoms with van der Waals surface area (Å²) < 4.78 is 6.56. The molecular weight excluding hydrogens is 332 g/mol. The second-order valence-electron chi connectivity index (χ2n) is 7.42. The van der Waals surface area contributed by atoms with Crippen molar-refractivity contribution < 1.29 is 9.53 Å². The number of thiophene rings is 1. The van der Waals surface area contributed by atoms with Crippen LogP contribution in [-0.4, -0.2) is 61.1 Å². The largest absolute Gasteiger partial charge is 0.383 e. The van der Waals surface area contributed by atoms with Crippen molar-refractivity contribution in [1.29, 1.82) is 0 Å². The van der Waals surface area contributed by atoms with Crippen molar-refractivity contribution in [2.75, 3.05) is 33.9 Å². The minimum absolute atomic E-state index is 0.199. The predicted octanol–water partition coefficient (Wildman–Crippen LogP) is 3.62. The summed E-state index contributed by atoms with van der Waals surface area (Å²) in [5.41, 5.74) is 0.264.